The predicted octanol–water partition coefficient (Wildman–Crippen LogP) is 2.63. The summed E-state index contributed by atoms with van der Waals surface area (Å²) in [5, 5.41) is 7.95. The van der Waals surface area contributed by atoms with Crippen molar-refractivity contribution < 1.29 is 4.79 Å². The first kappa shape index (κ1) is 18.2. The topological polar surface area (TPSA) is 71.0 Å². The molecule has 1 saturated heterocycles. The lowest BCUT2D eigenvalue weighted by Crippen LogP contribution is -2.45. The van der Waals surface area contributed by atoms with Crippen LogP contribution in [0.15, 0.2) is 24.4 Å². The number of hydrogen-bond donors (Lipinski definition) is 3. The smallest absolute Gasteiger partial charge is 0.239 e. The molecule has 1 aromatic heterocycles. The Morgan fingerprint density at radius 1 is 1.33 bits per heavy atom. The standard InChI is InChI=1S/C21H29N5O/c1-4-15-11-18(25-24-15)21(27)23-17-8-6-10-20-16(17)12-22-26(20)19-9-5-7-13(2)14(19)3/h5,7,9,12,15,17-18,24-25H,4,6,8,10-11H2,1-3H3,(H,23,27). The van der Waals surface area contributed by atoms with Crippen molar-refractivity contribution in [3.63, 3.8) is 0 Å². The molecule has 1 fully saturated rings. The second kappa shape index (κ2) is 7.44. The molecule has 1 aliphatic carbocycles. The summed E-state index contributed by atoms with van der Waals surface area (Å²) in [5.41, 5.74) is 12.4. The lowest BCUT2D eigenvalue weighted by atomic mass is 9.92. The molecule has 0 saturated carbocycles. The summed E-state index contributed by atoms with van der Waals surface area (Å²) in [4.78, 5) is 12.7. The highest BCUT2D eigenvalue weighted by Gasteiger charge is 2.32. The first-order valence-electron chi connectivity index (χ1n) is 10.0. The fourth-order valence-electron chi connectivity index (χ4n) is 4.21. The van der Waals surface area contributed by atoms with Crippen molar-refractivity contribution in [3.05, 3.63) is 46.8 Å². The Hall–Kier alpha value is -2.18. The maximum absolute atomic E-state index is 12.7. The highest BCUT2D eigenvalue weighted by molar-refractivity contribution is 5.82. The van der Waals surface area contributed by atoms with Gasteiger partial charge in [-0.15, -0.1) is 0 Å². The van der Waals surface area contributed by atoms with Crippen LogP contribution >= 0.6 is 0 Å². The quantitative estimate of drug-likeness (QED) is 0.777. The van der Waals surface area contributed by atoms with Crippen molar-refractivity contribution in [2.45, 2.75) is 71.0 Å². The minimum absolute atomic E-state index is 0.0441. The molecular weight excluding hydrogens is 338 g/mol. The van der Waals surface area contributed by atoms with Crippen molar-refractivity contribution in [2.75, 3.05) is 0 Å². The van der Waals surface area contributed by atoms with Gasteiger partial charge < -0.3 is 5.32 Å². The lowest BCUT2D eigenvalue weighted by molar-refractivity contribution is -0.123. The molecule has 6 nitrogen and oxygen atoms in total. The highest BCUT2D eigenvalue weighted by Crippen LogP contribution is 2.32. The van der Waals surface area contributed by atoms with Crippen LogP contribution in [0.5, 0.6) is 0 Å². The minimum Gasteiger partial charge on any atom is -0.348 e. The second-order valence-electron chi connectivity index (χ2n) is 7.81. The molecule has 6 heteroatoms. The van der Waals surface area contributed by atoms with E-state index in [4.69, 9.17) is 0 Å². The number of aromatic nitrogens is 2. The molecule has 144 valence electrons. The summed E-state index contributed by atoms with van der Waals surface area (Å²) in [6.45, 7) is 6.41. The van der Waals surface area contributed by atoms with Gasteiger partial charge in [0, 0.05) is 17.3 Å². The summed E-state index contributed by atoms with van der Waals surface area (Å²) in [7, 11) is 0. The van der Waals surface area contributed by atoms with E-state index in [9.17, 15) is 4.79 Å². The van der Waals surface area contributed by atoms with Crippen LogP contribution in [-0.4, -0.2) is 27.8 Å². The number of nitrogens with one attached hydrogen (secondary N) is 3. The Kier molecular flexibility index (Phi) is 5.02. The van der Waals surface area contributed by atoms with Gasteiger partial charge in [0.25, 0.3) is 0 Å². The van der Waals surface area contributed by atoms with Gasteiger partial charge in [-0.1, -0.05) is 19.1 Å². The Bertz CT molecular complexity index is 843. The molecule has 2 heterocycles. The molecule has 4 rings (SSSR count). The average Bonchev–Trinajstić information content (AvgIpc) is 3.31. The fourth-order valence-corrected chi connectivity index (χ4v) is 4.21. The second-order valence-corrected chi connectivity index (χ2v) is 7.81. The van der Waals surface area contributed by atoms with Gasteiger partial charge in [-0.3, -0.25) is 10.2 Å². The van der Waals surface area contributed by atoms with E-state index >= 15 is 0 Å². The molecule has 2 aliphatic rings. The van der Waals surface area contributed by atoms with E-state index in [-0.39, 0.29) is 18.0 Å². The Morgan fingerprint density at radius 2 is 2.19 bits per heavy atom. The summed E-state index contributed by atoms with van der Waals surface area (Å²) in [6.07, 6.45) is 6.82. The Balaban J connectivity index is 1.55. The van der Waals surface area contributed by atoms with Crippen molar-refractivity contribution in [1.29, 1.82) is 0 Å². The predicted molar refractivity (Wildman–Crippen MR) is 106 cm³/mol. The number of rotatable bonds is 4. The van der Waals surface area contributed by atoms with Crippen LogP contribution in [0.2, 0.25) is 0 Å². The first-order valence-corrected chi connectivity index (χ1v) is 10.0. The van der Waals surface area contributed by atoms with Crippen LogP contribution in [0.25, 0.3) is 5.69 Å². The number of amides is 1. The van der Waals surface area contributed by atoms with E-state index in [1.165, 1.54) is 16.8 Å². The van der Waals surface area contributed by atoms with E-state index in [1.807, 2.05) is 6.20 Å². The summed E-state index contributed by atoms with van der Waals surface area (Å²) in [6, 6.07) is 6.59. The van der Waals surface area contributed by atoms with Crippen LogP contribution in [0.3, 0.4) is 0 Å². The zero-order chi connectivity index (χ0) is 19.0. The van der Waals surface area contributed by atoms with Gasteiger partial charge in [-0.05, 0) is 63.1 Å². The fraction of sp³-hybridized carbons (Fsp3) is 0.524. The molecule has 0 bridgehead atoms. The van der Waals surface area contributed by atoms with E-state index in [2.05, 4.69) is 64.9 Å². The molecule has 3 atom stereocenters. The number of fused-ring (bicyclic) bond motifs is 1. The number of aryl methyl sites for hydroxylation is 1. The maximum Gasteiger partial charge on any atom is 0.239 e. The van der Waals surface area contributed by atoms with Gasteiger partial charge >= 0.3 is 0 Å². The number of carbonyl (C=O) groups excluding carboxylic acids is 1. The normalized spacial score (nSPS) is 24.6. The molecule has 3 N–H and O–H groups in total. The number of nitrogens with zero attached hydrogens (tertiary/aromatic N) is 2. The molecule has 1 aromatic carbocycles. The molecule has 1 aliphatic heterocycles. The van der Waals surface area contributed by atoms with Crippen LogP contribution in [0.1, 0.15) is 61.0 Å². The third-order valence-electron chi connectivity index (χ3n) is 6.09. The summed E-state index contributed by atoms with van der Waals surface area (Å²) >= 11 is 0. The van der Waals surface area contributed by atoms with Crippen LogP contribution in [0.4, 0.5) is 0 Å². The van der Waals surface area contributed by atoms with Crippen LogP contribution in [-0.2, 0) is 11.2 Å². The van der Waals surface area contributed by atoms with E-state index in [0.717, 1.165) is 43.4 Å². The van der Waals surface area contributed by atoms with E-state index < -0.39 is 0 Å². The number of carbonyl (C=O) groups is 1. The van der Waals surface area contributed by atoms with Gasteiger partial charge in [0.15, 0.2) is 0 Å². The van der Waals surface area contributed by atoms with E-state index in [0.29, 0.717) is 6.04 Å². The number of hydrogen-bond acceptors (Lipinski definition) is 4. The first-order chi connectivity index (χ1) is 13.1. The lowest BCUT2D eigenvalue weighted by Gasteiger charge is -2.25. The Morgan fingerprint density at radius 3 is 2.96 bits per heavy atom. The zero-order valence-corrected chi connectivity index (χ0v) is 16.4. The third kappa shape index (κ3) is 3.39. The van der Waals surface area contributed by atoms with Crippen molar-refractivity contribution in [1.82, 2.24) is 25.9 Å². The summed E-state index contributed by atoms with van der Waals surface area (Å²) in [5.74, 6) is 0.0794. The van der Waals surface area contributed by atoms with Crippen molar-refractivity contribution in [3.8, 4) is 5.69 Å². The zero-order valence-electron chi connectivity index (χ0n) is 16.4. The Labute approximate surface area is 160 Å². The van der Waals surface area contributed by atoms with Gasteiger partial charge in [-0.25, -0.2) is 10.1 Å². The molecular formula is C21H29N5O. The maximum atomic E-state index is 12.7. The van der Waals surface area contributed by atoms with Crippen LogP contribution in [0, 0.1) is 13.8 Å². The van der Waals surface area contributed by atoms with Gasteiger partial charge in [0.2, 0.25) is 5.91 Å². The summed E-state index contributed by atoms with van der Waals surface area (Å²) < 4.78 is 2.07. The van der Waals surface area contributed by atoms with Gasteiger partial charge in [0.05, 0.1) is 17.9 Å². The molecule has 0 radical (unpaired) electrons. The largest absolute Gasteiger partial charge is 0.348 e. The van der Waals surface area contributed by atoms with Crippen molar-refractivity contribution >= 4 is 5.91 Å². The average molecular weight is 367 g/mol. The molecule has 27 heavy (non-hydrogen) atoms. The van der Waals surface area contributed by atoms with E-state index in [1.54, 1.807) is 0 Å². The number of hydrazine groups is 1. The number of benzene rings is 1. The third-order valence-corrected chi connectivity index (χ3v) is 6.09. The van der Waals surface area contributed by atoms with Crippen molar-refractivity contribution in [2.24, 2.45) is 0 Å². The molecule has 3 unspecified atom stereocenters. The monoisotopic (exact) mass is 367 g/mol. The van der Waals surface area contributed by atoms with Crippen LogP contribution < -0.4 is 16.2 Å². The highest BCUT2D eigenvalue weighted by atomic mass is 16.2. The molecule has 1 amide bonds. The van der Waals surface area contributed by atoms with Gasteiger partial charge in [0.1, 0.15) is 6.04 Å². The molecule has 2 aromatic rings. The SMILES string of the molecule is CCC1CC(C(=O)NC2CCCc3c2cnn3-c2cccc(C)c2C)NN1. The minimum atomic E-state index is -0.158. The molecule has 0 spiro atoms. The van der Waals surface area contributed by atoms with Gasteiger partial charge in [-0.2, -0.15) is 5.10 Å².